The summed E-state index contributed by atoms with van der Waals surface area (Å²) >= 11 is 0. The zero-order valence-corrected chi connectivity index (χ0v) is 11.8. The number of nitrogens with one attached hydrogen (secondary N) is 1. The average Bonchev–Trinajstić information content (AvgIpc) is 2.93. The predicted octanol–water partition coefficient (Wildman–Crippen LogP) is 2.95. The first kappa shape index (κ1) is 14.6. The van der Waals surface area contributed by atoms with Crippen molar-refractivity contribution in [3.63, 3.8) is 0 Å². The molecule has 21 heavy (non-hydrogen) atoms. The van der Waals surface area contributed by atoms with Crippen molar-refractivity contribution >= 4 is 17.7 Å². The molecule has 0 atom stereocenters. The molecule has 2 rings (SSSR count). The molecule has 1 aromatic heterocycles. The number of hydrogen-bond donors (Lipinski definition) is 2. The number of rotatable bonds is 4. The Bertz CT molecular complexity index is 650. The highest BCUT2D eigenvalue weighted by atomic mass is 16.4. The Morgan fingerprint density at radius 1 is 1.33 bits per heavy atom. The lowest BCUT2D eigenvalue weighted by atomic mass is 10.1. The van der Waals surface area contributed by atoms with Crippen LogP contribution in [0.1, 0.15) is 21.5 Å². The molecule has 0 spiro atoms. The van der Waals surface area contributed by atoms with E-state index in [9.17, 15) is 14.7 Å². The fourth-order valence-electron chi connectivity index (χ4n) is 1.88. The summed E-state index contributed by atoms with van der Waals surface area (Å²) in [7, 11) is 1.62. The molecule has 6 nitrogen and oxygen atoms in total. The van der Waals surface area contributed by atoms with E-state index in [1.807, 2.05) is 0 Å². The zero-order valence-electron chi connectivity index (χ0n) is 11.8. The van der Waals surface area contributed by atoms with Crippen molar-refractivity contribution < 1.29 is 19.1 Å². The Morgan fingerprint density at radius 2 is 2.10 bits per heavy atom. The summed E-state index contributed by atoms with van der Waals surface area (Å²) in [5.74, 6) is -1.08. The van der Waals surface area contributed by atoms with E-state index in [1.165, 1.54) is 17.2 Å². The summed E-state index contributed by atoms with van der Waals surface area (Å²) in [6.45, 7) is 2.17. The third-order valence-corrected chi connectivity index (χ3v) is 2.99. The van der Waals surface area contributed by atoms with Crippen LogP contribution in [0.25, 0.3) is 0 Å². The second-order valence-corrected chi connectivity index (χ2v) is 4.77. The van der Waals surface area contributed by atoms with Gasteiger partial charge in [-0.1, -0.05) is 11.6 Å². The van der Waals surface area contributed by atoms with Gasteiger partial charge in [-0.2, -0.15) is 0 Å². The molecule has 110 valence electrons. The first-order valence-electron chi connectivity index (χ1n) is 6.34. The third-order valence-electron chi connectivity index (χ3n) is 2.99. The van der Waals surface area contributed by atoms with Crippen molar-refractivity contribution in [1.29, 1.82) is 0 Å². The van der Waals surface area contributed by atoms with Crippen LogP contribution in [0.4, 0.5) is 10.5 Å². The van der Waals surface area contributed by atoms with E-state index < -0.39 is 5.97 Å². The molecular weight excluding hydrogens is 272 g/mol. The van der Waals surface area contributed by atoms with Gasteiger partial charge in [0, 0.05) is 12.6 Å². The highest BCUT2D eigenvalue weighted by Gasteiger charge is 2.15. The molecule has 1 heterocycles. The van der Waals surface area contributed by atoms with Crippen LogP contribution in [0.2, 0.25) is 0 Å². The molecular formula is C15H16N2O4. The SMILES string of the molecule is Cc1ccc(NC(=O)N(C)Cc2ccoc2)c(C(=O)O)c1. The Labute approximate surface area is 122 Å². The number of benzene rings is 1. The van der Waals surface area contributed by atoms with Crippen molar-refractivity contribution in [3.8, 4) is 0 Å². The van der Waals surface area contributed by atoms with Crippen LogP contribution in [-0.4, -0.2) is 29.1 Å². The molecule has 0 fully saturated rings. The highest BCUT2D eigenvalue weighted by Crippen LogP contribution is 2.18. The van der Waals surface area contributed by atoms with Crippen molar-refractivity contribution in [2.45, 2.75) is 13.5 Å². The molecule has 1 aromatic carbocycles. The lowest BCUT2D eigenvalue weighted by molar-refractivity contribution is 0.0698. The Morgan fingerprint density at radius 3 is 2.71 bits per heavy atom. The Hall–Kier alpha value is -2.76. The fraction of sp³-hybridized carbons (Fsp3) is 0.200. The maximum absolute atomic E-state index is 12.1. The molecule has 0 saturated heterocycles. The molecule has 0 bridgehead atoms. The minimum Gasteiger partial charge on any atom is -0.478 e. The zero-order chi connectivity index (χ0) is 15.4. The number of anilines is 1. The summed E-state index contributed by atoms with van der Waals surface area (Å²) in [6, 6.07) is 6.23. The van der Waals surface area contributed by atoms with E-state index in [4.69, 9.17) is 4.42 Å². The smallest absolute Gasteiger partial charge is 0.337 e. The normalized spacial score (nSPS) is 10.2. The monoisotopic (exact) mass is 288 g/mol. The second kappa shape index (κ2) is 6.13. The first-order chi connectivity index (χ1) is 9.97. The lowest BCUT2D eigenvalue weighted by Crippen LogP contribution is -2.31. The summed E-state index contributed by atoms with van der Waals surface area (Å²) in [6.07, 6.45) is 3.09. The minimum absolute atomic E-state index is 0.0695. The van der Waals surface area contributed by atoms with Crippen molar-refractivity contribution in [2.75, 3.05) is 12.4 Å². The van der Waals surface area contributed by atoms with Gasteiger partial charge in [0.1, 0.15) is 0 Å². The number of urea groups is 1. The van der Waals surface area contributed by atoms with Gasteiger partial charge in [0.25, 0.3) is 0 Å². The van der Waals surface area contributed by atoms with Gasteiger partial charge in [-0.05, 0) is 25.1 Å². The van der Waals surface area contributed by atoms with Gasteiger partial charge in [0.15, 0.2) is 0 Å². The van der Waals surface area contributed by atoms with Gasteiger partial charge in [0.05, 0.1) is 30.3 Å². The average molecular weight is 288 g/mol. The number of nitrogens with zero attached hydrogens (tertiary/aromatic N) is 1. The lowest BCUT2D eigenvalue weighted by Gasteiger charge is -2.18. The number of amides is 2. The summed E-state index contributed by atoms with van der Waals surface area (Å²) < 4.78 is 4.94. The molecule has 0 radical (unpaired) electrons. The van der Waals surface area contributed by atoms with Crippen LogP contribution < -0.4 is 5.32 Å². The highest BCUT2D eigenvalue weighted by molar-refractivity contribution is 6.00. The number of carboxylic acid groups (broad SMARTS) is 1. The standard InChI is InChI=1S/C15H16N2O4/c1-10-3-4-13(12(7-10)14(18)19)16-15(20)17(2)8-11-5-6-21-9-11/h3-7,9H,8H2,1-2H3,(H,16,20)(H,18,19). The maximum Gasteiger partial charge on any atom is 0.337 e. The minimum atomic E-state index is -1.08. The summed E-state index contributed by atoms with van der Waals surface area (Å²) in [4.78, 5) is 24.7. The Kier molecular flexibility index (Phi) is 4.27. The van der Waals surface area contributed by atoms with Gasteiger partial charge in [-0.25, -0.2) is 9.59 Å². The largest absolute Gasteiger partial charge is 0.478 e. The van der Waals surface area contributed by atoms with Crippen LogP contribution in [0, 0.1) is 6.92 Å². The molecule has 2 aromatic rings. The van der Waals surface area contributed by atoms with Crippen LogP contribution in [0.3, 0.4) is 0 Å². The topological polar surface area (TPSA) is 82.8 Å². The molecule has 0 aliphatic rings. The number of carboxylic acids is 1. The molecule has 2 amide bonds. The van der Waals surface area contributed by atoms with E-state index in [0.29, 0.717) is 6.54 Å². The van der Waals surface area contributed by atoms with Gasteiger partial charge >= 0.3 is 12.0 Å². The van der Waals surface area contributed by atoms with E-state index >= 15 is 0 Å². The van der Waals surface area contributed by atoms with E-state index in [0.717, 1.165) is 11.1 Å². The maximum atomic E-state index is 12.1. The molecule has 6 heteroatoms. The number of aromatic carboxylic acids is 1. The molecule has 0 aliphatic heterocycles. The third kappa shape index (κ3) is 3.62. The van der Waals surface area contributed by atoms with Gasteiger partial charge < -0.3 is 19.7 Å². The summed E-state index contributed by atoms with van der Waals surface area (Å²) in [5.41, 5.74) is 2.02. The molecule has 0 unspecified atom stereocenters. The van der Waals surface area contributed by atoms with Gasteiger partial charge in [0.2, 0.25) is 0 Å². The number of hydrogen-bond acceptors (Lipinski definition) is 3. The number of furan rings is 1. The van der Waals surface area contributed by atoms with Crippen LogP contribution in [0.5, 0.6) is 0 Å². The number of carbonyl (C=O) groups excluding carboxylic acids is 1. The van der Waals surface area contributed by atoms with E-state index in [2.05, 4.69) is 5.32 Å². The van der Waals surface area contributed by atoms with Crippen LogP contribution >= 0.6 is 0 Å². The first-order valence-corrected chi connectivity index (χ1v) is 6.34. The predicted molar refractivity (Wildman–Crippen MR) is 77.3 cm³/mol. The Balaban J connectivity index is 2.10. The van der Waals surface area contributed by atoms with Crippen LogP contribution in [0.15, 0.2) is 41.2 Å². The summed E-state index contributed by atoms with van der Waals surface area (Å²) in [5, 5.41) is 11.8. The van der Waals surface area contributed by atoms with Crippen molar-refractivity contribution in [3.05, 3.63) is 53.5 Å². The molecule has 0 saturated carbocycles. The number of carbonyl (C=O) groups is 2. The van der Waals surface area contributed by atoms with Gasteiger partial charge in [-0.3, -0.25) is 0 Å². The van der Waals surface area contributed by atoms with Crippen LogP contribution in [-0.2, 0) is 6.54 Å². The quantitative estimate of drug-likeness (QED) is 0.906. The molecule has 0 aliphatic carbocycles. The van der Waals surface area contributed by atoms with Gasteiger partial charge in [-0.15, -0.1) is 0 Å². The van der Waals surface area contributed by atoms with Crippen molar-refractivity contribution in [1.82, 2.24) is 4.90 Å². The number of aryl methyl sites for hydroxylation is 1. The molecule has 2 N–H and O–H groups in total. The van der Waals surface area contributed by atoms with Crippen molar-refractivity contribution in [2.24, 2.45) is 0 Å². The fourth-order valence-corrected chi connectivity index (χ4v) is 1.88. The second-order valence-electron chi connectivity index (χ2n) is 4.77. The van der Waals surface area contributed by atoms with E-state index in [-0.39, 0.29) is 17.3 Å². The van der Waals surface area contributed by atoms with E-state index in [1.54, 1.807) is 38.4 Å².